The first kappa shape index (κ1) is 26.3. The molecular weight excluding hydrogens is 382 g/mol. The molecular formula is C18H33N5O6. The lowest BCUT2D eigenvalue weighted by atomic mass is 10.0. The van der Waals surface area contributed by atoms with Crippen molar-refractivity contribution in [3.05, 3.63) is 0 Å². The highest BCUT2D eigenvalue weighted by molar-refractivity contribution is 5.97. The molecule has 0 heterocycles. The van der Waals surface area contributed by atoms with Gasteiger partial charge < -0.3 is 31.7 Å². The maximum absolute atomic E-state index is 12.4. The SMILES string of the molecule is COC(=O)C(C)NC(=O)C(C)(C)NC(=O)C(C)NC(=O)C(C)(C)NC(=O)C(C)N. The molecule has 6 N–H and O–H groups in total. The third kappa shape index (κ3) is 8.06. The predicted molar refractivity (Wildman–Crippen MR) is 105 cm³/mol. The first-order valence-corrected chi connectivity index (χ1v) is 9.14. The average molecular weight is 415 g/mol. The Kier molecular flexibility index (Phi) is 9.25. The zero-order valence-electron chi connectivity index (χ0n) is 18.3. The summed E-state index contributed by atoms with van der Waals surface area (Å²) >= 11 is 0. The van der Waals surface area contributed by atoms with E-state index in [1.54, 1.807) is 0 Å². The van der Waals surface area contributed by atoms with Crippen molar-refractivity contribution in [3.8, 4) is 0 Å². The van der Waals surface area contributed by atoms with Gasteiger partial charge in [-0.05, 0) is 48.5 Å². The summed E-state index contributed by atoms with van der Waals surface area (Å²) in [4.78, 5) is 60.3. The second-order valence-electron chi connectivity index (χ2n) is 7.93. The molecule has 0 fully saturated rings. The molecule has 11 nitrogen and oxygen atoms in total. The molecule has 0 bridgehead atoms. The van der Waals surface area contributed by atoms with Gasteiger partial charge in [0.15, 0.2) is 0 Å². The highest BCUT2D eigenvalue weighted by Crippen LogP contribution is 2.06. The number of hydrogen-bond acceptors (Lipinski definition) is 7. The van der Waals surface area contributed by atoms with Crippen molar-refractivity contribution < 1.29 is 28.7 Å². The standard InChI is InChI=1S/C18H33N5O6/c1-9(19)12(24)22-17(4,5)15(27)20-10(2)13(25)23-18(6,7)16(28)21-11(3)14(26)29-8/h9-11H,19H2,1-8H3,(H,20,27)(H,21,28)(H,22,24)(H,23,25). The molecule has 0 radical (unpaired) electrons. The van der Waals surface area contributed by atoms with Gasteiger partial charge in [0.25, 0.3) is 0 Å². The van der Waals surface area contributed by atoms with E-state index in [1.807, 2.05) is 0 Å². The summed E-state index contributed by atoms with van der Waals surface area (Å²) in [5, 5.41) is 9.92. The molecule has 11 heteroatoms. The van der Waals surface area contributed by atoms with E-state index in [4.69, 9.17) is 5.73 Å². The molecule has 0 aromatic heterocycles. The normalized spacial score (nSPS) is 14.7. The summed E-state index contributed by atoms with van der Waals surface area (Å²) in [5.41, 5.74) is 2.81. The van der Waals surface area contributed by atoms with Crippen molar-refractivity contribution in [1.82, 2.24) is 21.3 Å². The van der Waals surface area contributed by atoms with Crippen LogP contribution in [0.1, 0.15) is 48.5 Å². The van der Waals surface area contributed by atoms with Gasteiger partial charge in [-0.15, -0.1) is 0 Å². The van der Waals surface area contributed by atoms with Gasteiger partial charge in [-0.2, -0.15) is 0 Å². The van der Waals surface area contributed by atoms with Gasteiger partial charge in [-0.3, -0.25) is 19.2 Å². The van der Waals surface area contributed by atoms with Crippen molar-refractivity contribution in [3.63, 3.8) is 0 Å². The van der Waals surface area contributed by atoms with Crippen LogP contribution in [-0.2, 0) is 28.7 Å². The van der Waals surface area contributed by atoms with Crippen LogP contribution < -0.4 is 27.0 Å². The fourth-order valence-electron chi connectivity index (χ4n) is 2.01. The number of nitrogens with one attached hydrogen (secondary N) is 4. The minimum absolute atomic E-state index is 0.514. The van der Waals surface area contributed by atoms with Gasteiger partial charge in [-0.25, -0.2) is 4.79 Å². The lowest BCUT2D eigenvalue weighted by Gasteiger charge is -2.30. The third-order valence-electron chi connectivity index (χ3n) is 4.06. The summed E-state index contributed by atoms with van der Waals surface area (Å²) in [6.45, 7) is 10.2. The Bertz CT molecular complexity index is 659. The number of carbonyl (C=O) groups is 5. The average Bonchev–Trinajstić information content (AvgIpc) is 2.59. The van der Waals surface area contributed by atoms with Crippen LogP contribution in [0, 0.1) is 0 Å². The maximum atomic E-state index is 12.4. The Morgan fingerprint density at radius 3 is 1.52 bits per heavy atom. The zero-order chi connectivity index (χ0) is 23.2. The topological polar surface area (TPSA) is 169 Å². The van der Waals surface area contributed by atoms with Crippen molar-refractivity contribution in [2.75, 3.05) is 7.11 Å². The minimum atomic E-state index is -1.36. The number of ether oxygens (including phenoxy) is 1. The molecule has 0 aliphatic carbocycles. The zero-order valence-corrected chi connectivity index (χ0v) is 18.3. The second kappa shape index (κ2) is 10.2. The van der Waals surface area contributed by atoms with Crippen molar-refractivity contribution in [2.45, 2.75) is 77.7 Å². The van der Waals surface area contributed by atoms with Crippen LogP contribution in [0.5, 0.6) is 0 Å². The quantitative estimate of drug-likeness (QED) is 0.280. The van der Waals surface area contributed by atoms with Gasteiger partial charge in [0.05, 0.1) is 13.2 Å². The number of esters is 1. The predicted octanol–water partition coefficient (Wildman–Crippen LogP) is -1.69. The van der Waals surface area contributed by atoms with E-state index in [1.165, 1.54) is 55.6 Å². The highest BCUT2D eigenvalue weighted by Gasteiger charge is 2.35. The Hall–Kier alpha value is -2.69. The Labute approximate surface area is 170 Å². The number of rotatable bonds is 9. The van der Waals surface area contributed by atoms with E-state index in [0.717, 1.165) is 0 Å². The first-order valence-electron chi connectivity index (χ1n) is 9.14. The molecule has 29 heavy (non-hydrogen) atoms. The Morgan fingerprint density at radius 1 is 0.759 bits per heavy atom. The number of carbonyl (C=O) groups excluding carboxylic acids is 5. The van der Waals surface area contributed by atoms with Gasteiger partial charge in [0, 0.05) is 0 Å². The van der Waals surface area contributed by atoms with Crippen LogP contribution in [0.15, 0.2) is 0 Å². The third-order valence-corrected chi connectivity index (χ3v) is 4.06. The molecule has 0 aliphatic rings. The number of hydrogen-bond donors (Lipinski definition) is 5. The molecule has 0 saturated heterocycles. The summed E-state index contributed by atoms with van der Waals surface area (Å²) in [5.74, 6) is -2.97. The van der Waals surface area contributed by atoms with Crippen LogP contribution in [0.25, 0.3) is 0 Å². The molecule has 0 aliphatic heterocycles. The molecule has 166 valence electrons. The van der Waals surface area contributed by atoms with Crippen LogP contribution in [-0.4, -0.2) is 65.9 Å². The summed E-state index contributed by atoms with van der Waals surface area (Å²) in [6, 6.07) is -2.69. The number of methoxy groups -OCH3 is 1. The number of nitrogens with two attached hydrogens (primary N) is 1. The van der Waals surface area contributed by atoms with Crippen LogP contribution >= 0.6 is 0 Å². The summed E-state index contributed by atoms with van der Waals surface area (Å²) in [7, 11) is 1.19. The van der Waals surface area contributed by atoms with Crippen molar-refractivity contribution in [1.29, 1.82) is 0 Å². The lowest BCUT2D eigenvalue weighted by Crippen LogP contribution is -2.63. The van der Waals surface area contributed by atoms with E-state index in [2.05, 4.69) is 26.0 Å². The molecule has 0 spiro atoms. The van der Waals surface area contributed by atoms with Crippen LogP contribution in [0.3, 0.4) is 0 Å². The highest BCUT2D eigenvalue weighted by atomic mass is 16.5. The molecule has 0 saturated carbocycles. The lowest BCUT2D eigenvalue weighted by molar-refractivity contribution is -0.145. The molecule has 3 atom stereocenters. The van der Waals surface area contributed by atoms with Gasteiger partial charge in [-0.1, -0.05) is 0 Å². The van der Waals surface area contributed by atoms with E-state index in [9.17, 15) is 24.0 Å². The van der Waals surface area contributed by atoms with Crippen LogP contribution in [0.4, 0.5) is 0 Å². The van der Waals surface area contributed by atoms with E-state index < -0.39 is 58.8 Å². The van der Waals surface area contributed by atoms with Gasteiger partial charge >= 0.3 is 5.97 Å². The fourth-order valence-corrected chi connectivity index (χ4v) is 2.01. The Balaban J connectivity index is 4.94. The molecule has 0 rings (SSSR count). The van der Waals surface area contributed by atoms with Gasteiger partial charge in [0.1, 0.15) is 23.2 Å². The van der Waals surface area contributed by atoms with Crippen LogP contribution in [0.2, 0.25) is 0 Å². The van der Waals surface area contributed by atoms with Gasteiger partial charge in [0.2, 0.25) is 23.6 Å². The summed E-state index contributed by atoms with van der Waals surface area (Å²) < 4.78 is 4.54. The summed E-state index contributed by atoms with van der Waals surface area (Å²) in [6.07, 6.45) is 0. The minimum Gasteiger partial charge on any atom is -0.467 e. The monoisotopic (exact) mass is 415 g/mol. The van der Waals surface area contributed by atoms with Crippen molar-refractivity contribution >= 4 is 29.6 Å². The van der Waals surface area contributed by atoms with E-state index in [0.29, 0.717) is 0 Å². The molecule has 0 aromatic carbocycles. The smallest absolute Gasteiger partial charge is 0.328 e. The first-order chi connectivity index (χ1) is 13.0. The van der Waals surface area contributed by atoms with E-state index in [-0.39, 0.29) is 0 Å². The maximum Gasteiger partial charge on any atom is 0.328 e. The van der Waals surface area contributed by atoms with E-state index >= 15 is 0 Å². The Morgan fingerprint density at radius 2 is 1.14 bits per heavy atom. The number of amides is 4. The molecule has 4 amide bonds. The fraction of sp³-hybridized carbons (Fsp3) is 0.722. The molecule has 3 unspecified atom stereocenters. The van der Waals surface area contributed by atoms with Crippen molar-refractivity contribution in [2.24, 2.45) is 5.73 Å². The second-order valence-corrected chi connectivity index (χ2v) is 7.93. The largest absolute Gasteiger partial charge is 0.467 e. The molecule has 0 aromatic rings.